The largest absolute Gasteiger partial charge is 0.467 e. The van der Waals surface area contributed by atoms with Crippen LogP contribution in [-0.4, -0.2) is 49.1 Å². The minimum Gasteiger partial charge on any atom is -0.467 e. The van der Waals surface area contributed by atoms with Crippen molar-refractivity contribution < 1.29 is 31.1 Å². The highest BCUT2D eigenvalue weighted by molar-refractivity contribution is 7.92. The maximum absolute atomic E-state index is 13.6. The van der Waals surface area contributed by atoms with Crippen molar-refractivity contribution in [1.29, 1.82) is 0 Å². The number of ether oxygens (including phenoxy) is 1. The van der Waals surface area contributed by atoms with E-state index in [1.807, 2.05) is 10.7 Å². The molecule has 11 heteroatoms. The van der Waals surface area contributed by atoms with E-state index in [4.69, 9.17) is 9.84 Å². The molecule has 2 aromatic rings. The van der Waals surface area contributed by atoms with E-state index in [1.165, 1.54) is 13.2 Å². The van der Waals surface area contributed by atoms with Crippen LogP contribution in [0.25, 0.3) is 0 Å². The first kappa shape index (κ1) is 23.2. The molecule has 1 saturated heterocycles. The molecule has 0 amide bonds. The Kier molecular flexibility index (Phi) is 5.65. The smallest absolute Gasteiger partial charge is 0.417 e. The second-order valence-electron chi connectivity index (χ2n) is 9.32. The Morgan fingerprint density at radius 3 is 2.44 bits per heavy atom. The van der Waals surface area contributed by atoms with Crippen molar-refractivity contribution in [2.75, 3.05) is 18.6 Å². The molecule has 5 rings (SSSR count). The Balaban J connectivity index is 1.53. The molecule has 2 aliphatic carbocycles. The normalized spacial score (nSPS) is 23.7. The van der Waals surface area contributed by atoms with Crippen molar-refractivity contribution in [2.45, 2.75) is 72.8 Å². The lowest BCUT2D eigenvalue weighted by Gasteiger charge is -2.32. The molecule has 2 saturated carbocycles. The predicted octanol–water partition coefficient (Wildman–Crippen LogP) is 4.10. The van der Waals surface area contributed by atoms with E-state index in [1.54, 1.807) is 4.90 Å². The molecule has 184 valence electrons. The fraction of sp³-hybridized carbons (Fsp3) is 0.565. The molecule has 0 N–H and O–H groups in total. The summed E-state index contributed by atoms with van der Waals surface area (Å²) in [5, 5.41) is 3.58. The van der Waals surface area contributed by atoms with Crippen molar-refractivity contribution in [2.24, 2.45) is 0 Å². The van der Waals surface area contributed by atoms with Gasteiger partial charge in [0.05, 0.1) is 34.6 Å². The minimum atomic E-state index is -4.81. The number of methoxy groups -OCH3 is 1. The number of halogens is 3. The molecular weight excluding hydrogens is 471 g/mol. The van der Waals surface area contributed by atoms with Crippen LogP contribution in [0.1, 0.15) is 61.7 Å². The van der Waals surface area contributed by atoms with Gasteiger partial charge in [0, 0.05) is 18.5 Å². The summed E-state index contributed by atoms with van der Waals surface area (Å²) in [6.07, 6.45) is 0.0435. The van der Waals surface area contributed by atoms with E-state index < -0.39 is 43.7 Å². The van der Waals surface area contributed by atoms with Gasteiger partial charge >= 0.3 is 12.1 Å². The van der Waals surface area contributed by atoms with E-state index in [9.17, 15) is 26.4 Å². The van der Waals surface area contributed by atoms with Gasteiger partial charge in [-0.25, -0.2) is 17.9 Å². The fourth-order valence-electron chi connectivity index (χ4n) is 4.86. The minimum absolute atomic E-state index is 0.114. The van der Waals surface area contributed by atoms with Gasteiger partial charge in [0.2, 0.25) is 0 Å². The number of rotatable bonds is 6. The zero-order valence-corrected chi connectivity index (χ0v) is 19.5. The molecule has 3 fully saturated rings. The summed E-state index contributed by atoms with van der Waals surface area (Å²) in [4.78, 5) is 13.6. The third-order valence-corrected chi connectivity index (χ3v) is 9.31. The summed E-state index contributed by atoms with van der Waals surface area (Å²) in [5.74, 6) is 0.386. The number of alkyl halides is 3. The van der Waals surface area contributed by atoms with Gasteiger partial charge < -0.3 is 9.64 Å². The molecule has 1 unspecified atom stereocenters. The summed E-state index contributed by atoms with van der Waals surface area (Å²) < 4.78 is 74.5. The van der Waals surface area contributed by atoms with Gasteiger partial charge in [-0.1, -0.05) is 12.1 Å². The van der Waals surface area contributed by atoms with Crippen LogP contribution in [0, 0.1) is 0 Å². The first-order valence-corrected chi connectivity index (χ1v) is 13.0. The number of hydrogen-bond donors (Lipinski definition) is 0. The number of carbonyl (C=O) groups is 1. The molecule has 2 heterocycles. The molecule has 2 atom stereocenters. The molecule has 0 spiro atoms. The van der Waals surface area contributed by atoms with Gasteiger partial charge in [0.25, 0.3) is 0 Å². The number of sulfone groups is 1. The summed E-state index contributed by atoms with van der Waals surface area (Å²) in [6.45, 7) is -0.114. The van der Waals surface area contributed by atoms with E-state index in [0.717, 1.165) is 56.0 Å². The van der Waals surface area contributed by atoms with E-state index in [-0.39, 0.29) is 19.0 Å². The van der Waals surface area contributed by atoms with Crippen molar-refractivity contribution in [3.63, 3.8) is 0 Å². The lowest BCUT2D eigenvalue weighted by atomic mass is 9.93. The number of hydrogen-bond acceptors (Lipinski definition) is 6. The first-order valence-electron chi connectivity index (χ1n) is 11.4. The topological polar surface area (TPSA) is 81.5 Å². The van der Waals surface area contributed by atoms with Crippen LogP contribution in [0.2, 0.25) is 0 Å². The van der Waals surface area contributed by atoms with Gasteiger partial charge in [0.15, 0.2) is 9.84 Å². The Morgan fingerprint density at radius 1 is 1.15 bits per heavy atom. The second-order valence-corrected chi connectivity index (χ2v) is 11.5. The van der Waals surface area contributed by atoms with Gasteiger partial charge in [-0.3, -0.25) is 0 Å². The molecule has 1 aromatic heterocycles. The van der Waals surface area contributed by atoms with Crippen LogP contribution in [0.3, 0.4) is 0 Å². The predicted molar refractivity (Wildman–Crippen MR) is 117 cm³/mol. The lowest BCUT2D eigenvalue weighted by molar-refractivity contribution is -0.142. The number of nitrogens with zero attached hydrogens (tertiary/aromatic N) is 3. The lowest BCUT2D eigenvalue weighted by Crippen LogP contribution is -2.39. The highest BCUT2D eigenvalue weighted by Crippen LogP contribution is 2.45. The Bertz CT molecular complexity index is 1200. The number of anilines is 1. The van der Waals surface area contributed by atoms with Gasteiger partial charge in [0.1, 0.15) is 11.9 Å². The second kappa shape index (κ2) is 8.28. The van der Waals surface area contributed by atoms with Gasteiger partial charge in [-0.2, -0.15) is 18.3 Å². The maximum Gasteiger partial charge on any atom is 0.417 e. The zero-order valence-electron chi connectivity index (χ0n) is 18.7. The summed E-state index contributed by atoms with van der Waals surface area (Å²) in [6, 6.07) is 5.34. The van der Waals surface area contributed by atoms with Crippen molar-refractivity contribution >= 4 is 21.6 Å². The summed E-state index contributed by atoms with van der Waals surface area (Å²) >= 11 is 0. The maximum atomic E-state index is 13.6. The highest BCUT2D eigenvalue weighted by Gasteiger charge is 2.48. The van der Waals surface area contributed by atoms with E-state index in [2.05, 4.69) is 0 Å². The van der Waals surface area contributed by atoms with Crippen LogP contribution < -0.4 is 4.90 Å². The average molecular weight is 498 g/mol. The molecule has 1 aliphatic heterocycles. The molecule has 7 nitrogen and oxygen atoms in total. The molecule has 1 aromatic carbocycles. The fourth-order valence-corrected chi connectivity index (χ4v) is 6.77. The Morgan fingerprint density at radius 2 is 1.85 bits per heavy atom. The van der Waals surface area contributed by atoms with Crippen LogP contribution in [0.4, 0.5) is 19.0 Å². The van der Waals surface area contributed by atoms with Gasteiger partial charge in [-0.05, 0) is 50.7 Å². The first-order chi connectivity index (χ1) is 16.1. The SMILES string of the molecule is COC(=O)C1C[C@@H](S(=O)(=O)c2ccccc2C(F)(F)F)CN1c1cc(C2CC2)nn1C1CCC1. The number of esters is 1. The number of aromatic nitrogens is 2. The molecule has 34 heavy (non-hydrogen) atoms. The van der Waals surface area contributed by atoms with Crippen molar-refractivity contribution in [1.82, 2.24) is 9.78 Å². The van der Waals surface area contributed by atoms with E-state index in [0.29, 0.717) is 11.7 Å². The average Bonchev–Trinajstić information content (AvgIpc) is 3.37. The summed E-state index contributed by atoms with van der Waals surface area (Å²) in [7, 11) is -3.17. The summed E-state index contributed by atoms with van der Waals surface area (Å²) in [5.41, 5.74) is -0.280. The Hall–Kier alpha value is -2.56. The molecule has 0 bridgehead atoms. The van der Waals surface area contributed by atoms with Crippen LogP contribution >= 0.6 is 0 Å². The molecule has 0 radical (unpaired) electrons. The number of benzene rings is 1. The third-order valence-electron chi connectivity index (χ3n) is 7.12. The van der Waals surface area contributed by atoms with Gasteiger partial charge in [-0.15, -0.1) is 0 Å². The quantitative estimate of drug-likeness (QED) is 0.559. The molecule has 3 aliphatic rings. The van der Waals surface area contributed by atoms with Crippen LogP contribution in [0.15, 0.2) is 35.2 Å². The number of carbonyl (C=O) groups excluding carboxylic acids is 1. The highest BCUT2D eigenvalue weighted by atomic mass is 32.2. The van der Waals surface area contributed by atoms with Crippen LogP contribution in [-0.2, 0) is 25.5 Å². The van der Waals surface area contributed by atoms with Crippen molar-refractivity contribution in [3.8, 4) is 0 Å². The van der Waals surface area contributed by atoms with Crippen LogP contribution in [0.5, 0.6) is 0 Å². The molecular formula is C23H26F3N3O4S. The zero-order chi connectivity index (χ0) is 24.3. The monoisotopic (exact) mass is 497 g/mol. The standard InChI is InChI=1S/C23H26F3N3O4S/c1-33-22(30)19-11-16(34(31,32)20-8-3-2-7-17(20)23(24,25)26)13-28(19)21-12-18(14-9-10-14)27-29(21)15-5-4-6-15/h2-3,7-8,12,14-16,19H,4-6,9-11,13H2,1H3/t16-,19?/m1/s1. The Labute approximate surface area is 195 Å². The third kappa shape index (κ3) is 3.97. The van der Waals surface area contributed by atoms with E-state index >= 15 is 0 Å². The van der Waals surface area contributed by atoms with Crippen molar-refractivity contribution in [3.05, 3.63) is 41.6 Å².